The van der Waals surface area contributed by atoms with E-state index in [2.05, 4.69) is 4.98 Å². The molecule has 0 radical (unpaired) electrons. The monoisotopic (exact) mass is 258 g/mol. The van der Waals surface area contributed by atoms with Gasteiger partial charge in [0.05, 0.1) is 0 Å². The second-order valence-corrected chi connectivity index (χ2v) is 6.94. The minimum Gasteiger partial charge on any atom is -0.363 e. The Morgan fingerprint density at radius 2 is 1.79 bits per heavy atom. The molecule has 0 aliphatic heterocycles. The minimum atomic E-state index is 0.300. The Morgan fingerprint density at radius 3 is 2.32 bits per heavy atom. The van der Waals surface area contributed by atoms with E-state index in [1.807, 2.05) is 12.3 Å². The lowest BCUT2D eigenvalue weighted by atomic mass is 9.51. The van der Waals surface area contributed by atoms with E-state index < -0.39 is 0 Å². The van der Waals surface area contributed by atoms with Crippen LogP contribution in [-0.2, 0) is 6.54 Å². The van der Waals surface area contributed by atoms with Gasteiger partial charge in [-0.2, -0.15) is 0 Å². The van der Waals surface area contributed by atoms with E-state index in [1.54, 1.807) is 0 Å². The zero-order valence-electron chi connectivity index (χ0n) is 11.3. The van der Waals surface area contributed by atoms with E-state index in [9.17, 15) is 4.79 Å². The van der Waals surface area contributed by atoms with E-state index in [0.717, 1.165) is 23.1 Å². The molecule has 0 spiro atoms. The Kier molecular flexibility index (Phi) is 2.59. The third kappa shape index (κ3) is 1.78. The molecule has 0 unspecified atom stereocenters. The zero-order chi connectivity index (χ0) is 13.0. The molecule has 1 heterocycles. The van der Waals surface area contributed by atoms with Crippen molar-refractivity contribution < 1.29 is 4.79 Å². The summed E-state index contributed by atoms with van der Waals surface area (Å²) in [7, 11) is 0. The minimum absolute atomic E-state index is 0.300. The van der Waals surface area contributed by atoms with Crippen molar-refractivity contribution in [2.24, 2.45) is 35.3 Å². The van der Waals surface area contributed by atoms with Gasteiger partial charge >= 0.3 is 0 Å². The maximum Gasteiger partial charge on any atom is 0.168 e. The molecule has 4 aliphatic carbocycles. The van der Waals surface area contributed by atoms with Crippen LogP contribution in [0.3, 0.4) is 0 Å². The Balaban J connectivity index is 1.60. The van der Waals surface area contributed by atoms with Gasteiger partial charge in [0, 0.05) is 29.9 Å². The molecule has 19 heavy (non-hydrogen) atoms. The van der Waals surface area contributed by atoms with E-state index >= 15 is 0 Å². The first-order valence-electron chi connectivity index (χ1n) is 7.66. The highest BCUT2D eigenvalue weighted by atomic mass is 16.1. The van der Waals surface area contributed by atoms with Crippen molar-refractivity contribution in [3.05, 3.63) is 23.5 Å². The third-order valence-corrected chi connectivity index (χ3v) is 5.78. The molecule has 4 aliphatic rings. The van der Waals surface area contributed by atoms with Gasteiger partial charge in [0.25, 0.3) is 0 Å². The van der Waals surface area contributed by atoms with Gasteiger partial charge in [-0.25, -0.2) is 0 Å². The summed E-state index contributed by atoms with van der Waals surface area (Å²) >= 11 is 0. The summed E-state index contributed by atoms with van der Waals surface area (Å²) < 4.78 is 0. The fraction of sp³-hybridized carbons (Fsp3) is 0.688. The molecule has 0 aromatic carbocycles. The van der Waals surface area contributed by atoms with Gasteiger partial charge in [-0.15, -0.1) is 0 Å². The van der Waals surface area contributed by atoms with Crippen molar-refractivity contribution in [3.8, 4) is 0 Å². The molecule has 102 valence electrons. The van der Waals surface area contributed by atoms with Crippen molar-refractivity contribution in [1.82, 2.24) is 4.98 Å². The van der Waals surface area contributed by atoms with Crippen LogP contribution in [0.4, 0.5) is 0 Å². The third-order valence-electron chi connectivity index (χ3n) is 5.78. The summed E-state index contributed by atoms with van der Waals surface area (Å²) in [5.41, 5.74) is 7.44. The lowest BCUT2D eigenvalue weighted by Gasteiger charge is -2.53. The van der Waals surface area contributed by atoms with Gasteiger partial charge < -0.3 is 10.7 Å². The Labute approximate surface area is 114 Å². The molecule has 5 rings (SSSR count). The summed E-state index contributed by atoms with van der Waals surface area (Å²) in [5.74, 6) is 3.87. The molecule has 4 bridgehead atoms. The first kappa shape index (κ1) is 11.7. The van der Waals surface area contributed by atoms with Crippen LogP contribution in [-0.4, -0.2) is 10.8 Å². The number of rotatable bonds is 3. The summed E-state index contributed by atoms with van der Waals surface area (Å²) in [6.45, 7) is 0.481. The van der Waals surface area contributed by atoms with E-state index in [4.69, 9.17) is 5.73 Å². The topological polar surface area (TPSA) is 58.9 Å². The Hall–Kier alpha value is -1.09. The number of aromatic nitrogens is 1. The largest absolute Gasteiger partial charge is 0.363 e. The number of aromatic amines is 1. The molecule has 0 amide bonds. The average molecular weight is 258 g/mol. The molecular weight excluding hydrogens is 236 g/mol. The number of ketones is 1. The smallest absolute Gasteiger partial charge is 0.168 e. The molecule has 3 N–H and O–H groups in total. The van der Waals surface area contributed by atoms with Gasteiger partial charge in [-0.05, 0) is 61.8 Å². The number of carbonyl (C=O) groups is 1. The van der Waals surface area contributed by atoms with E-state index in [0.29, 0.717) is 30.1 Å². The number of hydrogen-bond donors (Lipinski definition) is 2. The van der Waals surface area contributed by atoms with E-state index in [-0.39, 0.29) is 0 Å². The Bertz CT molecular complexity index is 477. The SMILES string of the molecule is NCc1cc(C(=O)C2C3CC4CC(C3)CC2C4)c[nH]1. The number of nitrogens with two attached hydrogens (primary N) is 1. The molecule has 1 aromatic heterocycles. The second kappa shape index (κ2) is 4.20. The number of nitrogens with one attached hydrogen (secondary N) is 1. The van der Waals surface area contributed by atoms with Crippen LogP contribution < -0.4 is 5.73 Å². The van der Waals surface area contributed by atoms with Gasteiger partial charge in [0.2, 0.25) is 0 Å². The van der Waals surface area contributed by atoms with Crippen LogP contribution in [0.15, 0.2) is 12.3 Å². The quantitative estimate of drug-likeness (QED) is 0.819. The van der Waals surface area contributed by atoms with Gasteiger partial charge in [0.1, 0.15) is 0 Å². The van der Waals surface area contributed by atoms with Crippen LogP contribution in [0.1, 0.15) is 48.2 Å². The molecular formula is C16H22N2O. The molecule has 3 heteroatoms. The number of carbonyl (C=O) groups excluding carboxylic acids is 1. The number of Topliss-reactive ketones (excluding diaryl/α,β-unsaturated/α-hetero) is 1. The van der Waals surface area contributed by atoms with Gasteiger partial charge in [0.15, 0.2) is 5.78 Å². The average Bonchev–Trinajstić information content (AvgIpc) is 2.86. The lowest BCUT2D eigenvalue weighted by molar-refractivity contribution is -0.0251. The first-order chi connectivity index (χ1) is 9.24. The zero-order valence-corrected chi connectivity index (χ0v) is 11.3. The highest BCUT2D eigenvalue weighted by Gasteiger charge is 2.50. The maximum atomic E-state index is 12.8. The van der Waals surface area contributed by atoms with Gasteiger partial charge in [-0.3, -0.25) is 4.79 Å². The van der Waals surface area contributed by atoms with Crippen molar-refractivity contribution in [3.63, 3.8) is 0 Å². The summed E-state index contributed by atoms with van der Waals surface area (Å²) in [4.78, 5) is 15.9. The van der Waals surface area contributed by atoms with Crippen LogP contribution in [0.5, 0.6) is 0 Å². The Morgan fingerprint density at radius 1 is 1.16 bits per heavy atom. The number of H-pyrrole nitrogens is 1. The molecule has 1 aromatic rings. The highest BCUT2D eigenvalue weighted by molar-refractivity contribution is 5.98. The standard InChI is InChI=1S/C16H22N2O/c17-7-14-6-13(8-18-14)16(19)15-11-2-9-1-10(4-11)5-12(15)3-9/h6,8-12,15,18H,1-5,7,17H2. The summed E-state index contributed by atoms with van der Waals surface area (Å²) in [6.07, 6.45) is 8.51. The summed E-state index contributed by atoms with van der Waals surface area (Å²) in [5, 5.41) is 0. The summed E-state index contributed by atoms with van der Waals surface area (Å²) in [6, 6.07) is 1.95. The van der Waals surface area contributed by atoms with Crippen LogP contribution in [0.25, 0.3) is 0 Å². The maximum absolute atomic E-state index is 12.8. The van der Waals surface area contributed by atoms with Crippen molar-refractivity contribution >= 4 is 5.78 Å². The highest BCUT2D eigenvalue weighted by Crippen LogP contribution is 2.57. The lowest BCUT2D eigenvalue weighted by Crippen LogP contribution is -2.47. The van der Waals surface area contributed by atoms with Gasteiger partial charge in [-0.1, -0.05) is 0 Å². The van der Waals surface area contributed by atoms with Crippen LogP contribution >= 0.6 is 0 Å². The fourth-order valence-corrected chi connectivity index (χ4v) is 5.25. The van der Waals surface area contributed by atoms with Crippen molar-refractivity contribution in [2.75, 3.05) is 0 Å². The second-order valence-electron chi connectivity index (χ2n) is 6.94. The predicted molar refractivity (Wildman–Crippen MR) is 73.5 cm³/mol. The molecule has 4 saturated carbocycles. The normalized spacial score (nSPS) is 39.7. The van der Waals surface area contributed by atoms with Crippen LogP contribution in [0.2, 0.25) is 0 Å². The molecule has 4 fully saturated rings. The van der Waals surface area contributed by atoms with E-state index in [1.165, 1.54) is 32.1 Å². The first-order valence-corrected chi connectivity index (χ1v) is 7.66. The van der Waals surface area contributed by atoms with Crippen molar-refractivity contribution in [1.29, 1.82) is 0 Å². The molecule has 0 saturated heterocycles. The number of hydrogen-bond acceptors (Lipinski definition) is 2. The molecule has 3 nitrogen and oxygen atoms in total. The molecule has 0 atom stereocenters. The predicted octanol–water partition coefficient (Wildman–Crippen LogP) is 2.73. The fourth-order valence-electron chi connectivity index (χ4n) is 5.25. The van der Waals surface area contributed by atoms with Crippen molar-refractivity contribution in [2.45, 2.75) is 38.6 Å². The van der Waals surface area contributed by atoms with Crippen LogP contribution in [0, 0.1) is 29.6 Å².